The van der Waals surface area contributed by atoms with Gasteiger partial charge in [0.05, 0.1) is 31.9 Å². The smallest absolute Gasteiger partial charge is 0.271 e. The maximum absolute atomic E-state index is 13.4. The predicted octanol–water partition coefficient (Wildman–Crippen LogP) is 8.06. The minimum absolute atomic E-state index is 0.172. The molecule has 0 saturated carbocycles. The van der Waals surface area contributed by atoms with Crippen LogP contribution in [0.1, 0.15) is 5.76 Å². The molecule has 1 saturated heterocycles. The molecule has 0 spiro atoms. The highest BCUT2D eigenvalue weighted by Crippen LogP contribution is 2.39. The van der Waals surface area contributed by atoms with Crippen LogP contribution in [0.3, 0.4) is 0 Å². The number of aliphatic imine (C=N–C) groups is 1. The largest absolute Gasteiger partial charge is 0.457 e. The van der Waals surface area contributed by atoms with Gasteiger partial charge in [-0.05, 0) is 60.3 Å². The van der Waals surface area contributed by atoms with Gasteiger partial charge in [0.25, 0.3) is 5.91 Å². The second-order valence-corrected chi connectivity index (χ2v) is 8.94. The molecule has 1 fully saturated rings. The fourth-order valence-electron chi connectivity index (χ4n) is 3.39. The van der Waals surface area contributed by atoms with E-state index in [1.807, 2.05) is 60.7 Å². The summed E-state index contributed by atoms with van der Waals surface area (Å²) >= 11 is 13.9. The molecule has 5 rings (SSSR count). The van der Waals surface area contributed by atoms with E-state index in [9.17, 15) is 4.79 Å². The van der Waals surface area contributed by atoms with E-state index >= 15 is 0 Å². The van der Waals surface area contributed by atoms with E-state index in [-0.39, 0.29) is 5.91 Å². The highest BCUT2D eigenvalue weighted by atomic mass is 35.5. The number of para-hydroxylation sites is 2. The Hall–Kier alpha value is -3.25. The van der Waals surface area contributed by atoms with Crippen LogP contribution in [0.15, 0.2) is 105 Å². The van der Waals surface area contributed by atoms with Crippen molar-refractivity contribution >= 4 is 63.5 Å². The van der Waals surface area contributed by atoms with Crippen LogP contribution in [0.5, 0.6) is 0 Å². The summed E-state index contributed by atoms with van der Waals surface area (Å²) in [6, 6.07) is 27.9. The third-order valence-electron chi connectivity index (χ3n) is 4.91. The number of carbonyl (C=O) groups excluding carboxylic acids is 1. The van der Waals surface area contributed by atoms with Gasteiger partial charge in [-0.15, -0.1) is 0 Å². The van der Waals surface area contributed by atoms with Crippen molar-refractivity contribution in [2.45, 2.75) is 0 Å². The minimum atomic E-state index is -0.172. The highest BCUT2D eigenvalue weighted by Gasteiger charge is 2.35. The van der Waals surface area contributed by atoms with Crippen LogP contribution < -0.4 is 4.90 Å². The SMILES string of the molecule is O=C1/C(=C\c2ccc(-c3c(Cl)cccc3Cl)o2)SC(=Nc2ccccc2)N1c1ccccc1. The highest BCUT2D eigenvalue weighted by molar-refractivity contribution is 8.19. The first-order valence-electron chi connectivity index (χ1n) is 10.1. The molecule has 0 N–H and O–H groups in total. The Morgan fingerprint density at radius 1 is 0.818 bits per heavy atom. The number of rotatable bonds is 4. The molecule has 0 bridgehead atoms. The first-order valence-corrected chi connectivity index (χ1v) is 11.6. The molecule has 0 unspecified atom stereocenters. The third kappa shape index (κ3) is 4.48. The second-order valence-electron chi connectivity index (χ2n) is 7.12. The molecule has 3 aromatic carbocycles. The lowest BCUT2D eigenvalue weighted by Gasteiger charge is -2.15. The number of anilines is 1. The summed E-state index contributed by atoms with van der Waals surface area (Å²) < 4.78 is 5.97. The Morgan fingerprint density at radius 2 is 1.48 bits per heavy atom. The molecule has 1 aromatic heterocycles. The summed E-state index contributed by atoms with van der Waals surface area (Å²) in [5.74, 6) is 0.881. The Morgan fingerprint density at radius 3 is 2.18 bits per heavy atom. The van der Waals surface area contributed by atoms with E-state index in [0.717, 1.165) is 11.4 Å². The summed E-state index contributed by atoms with van der Waals surface area (Å²) in [4.78, 5) is 20.2. The van der Waals surface area contributed by atoms with Crippen molar-refractivity contribution in [1.29, 1.82) is 0 Å². The number of carbonyl (C=O) groups is 1. The van der Waals surface area contributed by atoms with Gasteiger partial charge in [0.1, 0.15) is 11.5 Å². The van der Waals surface area contributed by atoms with Crippen molar-refractivity contribution < 1.29 is 9.21 Å². The Labute approximate surface area is 205 Å². The molecular weight excluding hydrogens is 475 g/mol. The van der Waals surface area contributed by atoms with E-state index in [1.165, 1.54) is 11.8 Å². The second kappa shape index (κ2) is 9.32. The Bertz CT molecular complexity index is 1360. The maximum atomic E-state index is 13.4. The van der Waals surface area contributed by atoms with Crippen LogP contribution in [0.4, 0.5) is 11.4 Å². The zero-order valence-electron chi connectivity index (χ0n) is 17.1. The molecule has 1 aliphatic rings. The quantitative estimate of drug-likeness (QED) is 0.271. The molecule has 0 atom stereocenters. The number of thioether (sulfide) groups is 1. The van der Waals surface area contributed by atoms with Gasteiger partial charge in [0.2, 0.25) is 0 Å². The monoisotopic (exact) mass is 490 g/mol. The standard InChI is InChI=1S/C26H16Cl2N2O2S/c27-20-12-7-13-21(28)24(20)22-15-14-19(32-22)16-23-25(31)30(18-10-5-2-6-11-18)26(33-23)29-17-8-3-1-4-9-17/h1-16H/b23-16+,29-26?. The number of benzene rings is 3. The van der Waals surface area contributed by atoms with Crippen LogP contribution in [0.2, 0.25) is 10.0 Å². The number of hydrogen-bond acceptors (Lipinski definition) is 4. The summed E-state index contributed by atoms with van der Waals surface area (Å²) in [7, 11) is 0. The fourth-order valence-corrected chi connectivity index (χ4v) is 4.96. The van der Waals surface area contributed by atoms with Crippen molar-refractivity contribution in [3.05, 3.63) is 112 Å². The number of halogens is 2. The van der Waals surface area contributed by atoms with Gasteiger partial charge in [-0.2, -0.15) is 0 Å². The average Bonchev–Trinajstić information content (AvgIpc) is 3.39. The molecule has 4 aromatic rings. The fraction of sp³-hybridized carbons (Fsp3) is 0. The van der Waals surface area contributed by atoms with Crippen molar-refractivity contribution in [2.24, 2.45) is 4.99 Å². The van der Waals surface area contributed by atoms with Crippen molar-refractivity contribution in [1.82, 2.24) is 0 Å². The first kappa shape index (κ1) is 21.6. The van der Waals surface area contributed by atoms with Gasteiger partial charge in [-0.3, -0.25) is 9.69 Å². The number of amides is 1. The van der Waals surface area contributed by atoms with Crippen LogP contribution in [0.25, 0.3) is 17.4 Å². The zero-order chi connectivity index (χ0) is 22.8. The van der Waals surface area contributed by atoms with E-state index in [2.05, 4.69) is 0 Å². The first-order chi connectivity index (χ1) is 16.1. The summed E-state index contributed by atoms with van der Waals surface area (Å²) in [6.07, 6.45) is 1.71. The molecule has 162 valence electrons. The summed E-state index contributed by atoms with van der Waals surface area (Å²) in [5.41, 5.74) is 2.13. The molecule has 1 aliphatic heterocycles. The molecule has 4 nitrogen and oxygen atoms in total. The van der Waals surface area contributed by atoms with Gasteiger partial charge in [0, 0.05) is 6.08 Å². The molecule has 7 heteroatoms. The van der Waals surface area contributed by atoms with Crippen LogP contribution >= 0.6 is 35.0 Å². The van der Waals surface area contributed by atoms with Gasteiger partial charge < -0.3 is 4.42 Å². The maximum Gasteiger partial charge on any atom is 0.271 e. The Kier molecular flexibility index (Phi) is 6.09. The van der Waals surface area contributed by atoms with Gasteiger partial charge in [-0.25, -0.2) is 4.99 Å². The minimum Gasteiger partial charge on any atom is -0.457 e. The molecule has 0 radical (unpaired) electrons. The zero-order valence-corrected chi connectivity index (χ0v) is 19.4. The number of nitrogens with zero attached hydrogens (tertiary/aromatic N) is 2. The lowest BCUT2D eigenvalue weighted by Crippen LogP contribution is -2.28. The topological polar surface area (TPSA) is 45.8 Å². The van der Waals surface area contributed by atoms with Crippen molar-refractivity contribution in [3.8, 4) is 11.3 Å². The van der Waals surface area contributed by atoms with E-state index in [0.29, 0.717) is 37.2 Å². The van der Waals surface area contributed by atoms with Gasteiger partial charge in [0.15, 0.2) is 5.17 Å². The number of furan rings is 1. The van der Waals surface area contributed by atoms with E-state index in [4.69, 9.17) is 32.6 Å². The summed E-state index contributed by atoms with van der Waals surface area (Å²) in [6.45, 7) is 0. The molecule has 33 heavy (non-hydrogen) atoms. The lowest BCUT2D eigenvalue weighted by atomic mass is 10.2. The normalized spacial score (nSPS) is 16.2. The van der Waals surface area contributed by atoms with E-state index in [1.54, 1.807) is 41.3 Å². The average molecular weight is 491 g/mol. The Balaban J connectivity index is 1.52. The van der Waals surface area contributed by atoms with Crippen LogP contribution in [-0.4, -0.2) is 11.1 Å². The number of hydrogen-bond donors (Lipinski definition) is 0. The van der Waals surface area contributed by atoms with E-state index < -0.39 is 0 Å². The molecule has 1 amide bonds. The van der Waals surface area contributed by atoms with Crippen LogP contribution in [-0.2, 0) is 4.79 Å². The lowest BCUT2D eigenvalue weighted by molar-refractivity contribution is -0.113. The van der Waals surface area contributed by atoms with Gasteiger partial charge >= 0.3 is 0 Å². The van der Waals surface area contributed by atoms with Gasteiger partial charge in [-0.1, -0.05) is 65.7 Å². The molecule has 0 aliphatic carbocycles. The van der Waals surface area contributed by atoms with Crippen molar-refractivity contribution in [3.63, 3.8) is 0 Å². The van der Waals surface area contributed by atoms with Crippen LogP contribution in [0, 0.1) is 0 Å². The molecular formula is C26H16Cl2N2O2S. The number of amidine groups is 1. The molecule has 2 heterocycles. The summed E-state index contributed by atoms with van der Waals surface area (Å²) in [5, 5.41) is 1.56. The predicted molar refractivity (Wildman–Crippen MR) is 137 cm³/mol. The third-order valence-corrected chi connectivity index (χ3v) is 6.51. The van der Waals surface area contributed by atoms with Crippen molar-refractivity contribution in [2.75, 3.05) is 4.90 Å².